The highest BCUT2D eigenvalue weighted by atomic mass is 79.9. The Morgan fingerprint density at radius 1 is 1.24 bits per heavy atom. The number of benzene rings is 2. The summed E-state index contributed by atoms with van der Waals surface area (Å²) in [5.74, 6) is 0. The summed E-state index contributed by atoms with van der Waals surface area (Å²) in [5, 5.41) is 10.5. The van der Waals surface area contributed by atoms with Crippen LogP contribution in [0.4, 0.5) is 5.69 Å². The van der Waals surface area contributed by atoms with Crippen LogP contribution in [-0.2, 0) is 12.8 Å². The number of nitrogens with zero attached hydrogens (tertiary/aromatic N) is 1. The van der Waals surface area contributed by atoms with Crippen LogP contribution in [0, 0.1) is 0 Å². The van der Waals surface area contributed by atoms with Crippen molar-refractivity contribution in [1.29, 1.82) is 0 Å². The number of anilines is 1. The van der Waals surface area contributed by atoms with Crippen molar-refractivity contribution in [3.05, 3.63) is 63.6 Å². The molecule has 0 saturated heterocycles. The van der Waals surface area contributed by atoms with Crippen molar-refractivity contribution in [1.82, 2.24) is 0 Å². The van der Waals surface area contributed by atoms with Crippen molar-refractivity contribution in [3.8, 4) is 0 Å². The first-order valence-electron chi connectivity index (χ1n) is 7.40. The lowest BCUT2D eigenvalue weighted by Crippen LogP contribution is -2.24. The largest absolute Gasteiger partial charge is 0.388 e. The Balaban J connectivity index is 1.82. The van der Waals surface area contributed by atoms with Crippen molar-refractivity contribution >= 4 is 21.6 Å². The summed E-state index contributed by atoms with van der Waals surface area (Å²) in [6.07, 6.45) is 2.47. The van der Waals surface area contributed by atoms with Gasteiger partial charge in [-0.3, -0.25) is 0 Å². The fraction of sp³-hybridized carbons (Fsp3) is 0.333. The summed E-state index contributed by atoms with van der Waals surface area (Å²) in [5.41, 5.74) is 4.81. The maximum absolute atomic E-state index is 10.5. The summed E-state index contributed by atoms with van der Waals surface area (Å²) in [7, 11) is 2.13. The third kappa shape index (κ3) is 3.14. The third-order valence-electron chi connectivity index (χ3n) is 4.21. The van der Waals surface area contributed by atoms with Crippen molar-refractivity contribution in [2.75, 3.05) is 18.5 Å². The predicted molar refractivity (Wildman–Crippen MR) is 90.8 cm³/mol. The minimum absolute atomic E-state index is 0.457. The normalized spacial score (nSPS) is 15.7. The Morgan fingerprint density at radius 2 is 2.05 bits per heavy atom. The molecule has 110 valence electrons. The van der Waals surface area contributed by atoms with Crippen LogP contribution in [0.1, 0.15) is 29.2 Å². The molecule has 21 heavy (non-hydrogen) atoms. The Labute approximate surface area is 134 Å². The quantitative estimate of drug-likeness (QED) is 0.904. The van der Waals surface area contributed by atoms with E-state index in [1.54, 1.807) is 0 Å². The third-order valence-corrected chi connectivity index (χ3v) is 4.98. The Morgan fingerprint density at radius 3 is 2.86 bits per heavy atom. The molecule has 1 aliphatic rings. The van der Waals surface area contributed by atoms with Crippen LogP contribution in [-0.4, -0.2) is 18.7 Å². The molecule has 2 aromatic rings. The van der Waals surface area contributed by atoms with Gasteiger partial charge in [0.25, 0.3) is 0 Å². The van der Waals surface area contributed by atoms with Crippen LogP contribution in [0.5, 0.6) is 0 Å². The lowest BCUT2D eigenvalue weighted by Gasteiger charge is -2.28. The van der Waals surface area contributed by atoms with Crippen LogP contribution >= 0.6 is 15.9 Å². The molecule has 1 unspecified atom stereocenters. The Bertz CT molecular complexity index is 641. The predicted octanol–water partition coefficient (Wildman–Crippen LogP) is 4.11. The van der Waals surface area contributed by atoms with E-state index in [1.165, 1.54) is 17.7 Å². The average Bonchev–Trinajstić information content (AvgIpc) is 2.49. The SMILES string of the molecule is CN1CCCc2cc(C(O)Cc3ccccc3Br)ccc21. The summed E-state index contributed by atoms with van der Waals surface area (Å²) in [6.45, 7) is 1.12. The highest BCUT2D eigenvalue weighted by molar-refractivity contribution is 9.10. The van der Waals surface area contributed by atoms with Crippen LogP contribution in [0.3, 0.4) is 0 Å². The van der Waals surface area contributed by atoms with E-state index in [2.05, 4.69) is 52.1 Å². The topological polar surface area (TPSA) is 23.5 Å². The van der Waals surface area contributed by atoms with Crippen molar-refractivity contribution < 1.29 is 5.11 Å². The molecule has 3 rings (SSSR count). The molecule has 0 bridgehead atoms. The smallest absolute Gasteiger partial charge is 0.0830 e. The molecule has 1 N–H and O–H groups in total. The Hall–Kier alpha value is -1.32. The van der Waals surface area contributed by atoms with Crippen molar-refractivity contribution in [2.24, 2.45) is 0 Å². The van der Waals surface area contributed by atoms with Crippen LogP contribution in [0.2, 0.25) is 0 Å². The molecule has 1 heterocycles. The number of aliphatic hydroxyl groups is 1. The summed E-state index contributed by atoms with van der Waals surface area (Å²) >= 11 is 3.55. The molecule has 0 saturated carbocycles. The standard InChI is InChI=1S/C18H20BrNO/c1-20-10-4-6-14-11-15(8-9-17(14)20)18(21)12-13-5-2-3-7-16(13)19/h2-3,5,7-9,11,18,21H,4,6,10,12H2,1H3. The lowest BCUT2D eigenvalue weighted by atomic mass is 9.95. The minimum Gasteiger partial charge on any atom is -0.388 e. The fourth-order valence-electron chi connectivity index (χ4n) is 3.00. The van der Waals surface area contributed by atoms with Gasteiger partial charge in [-0.2, -0.15) is 0 Å². The van der Waals surface area contributed by atoms with Crippen LogP contribution in [0.25, 0.3) is 0 Å². The monoisotopic (exact) mass is 345 g/mol. The molecular weight excluding hydrogens is 326 g/mol. The summed E-state index contributed by atoms with van der Waals surface area (Å²) in [6, 6.07) is 14.5. The van der Waals surface area contributed by atoms with Crippen LogP contribution in [0.15, 0.2) is 46.9 Å². The van der Waals surface area contributed by atoms with E-state index in [-0.39, 0.29) is 0 Å². The first-order chi connectivity index (χ1) is 10.1. The molecule has 1 atom stereocenters. The van der Waals surface area contributed by atoms with Gasteiger partial charge in [0, 0.05) is 30.2 Å². The Kier molecular flexibility index (Phi) is 4.32. The molecule has 2 nitrogen and oxygen atoms in total. The summed E-state index contributed by atoms with van der Waals surface area (Å²) < 4.78 is 1.06. The number of aliphatic hydroxyl groups excluding tert-OH is 1. The maximum Gasteiger partial charge on any atom is 0.0830 e. The molecule has 0 aliphatic carbocycles. The van der Waals surface area contributed by atoms with Gasteiger partial charge >= 0.3 is 0 Å². The lowest BCUT2D eigenvalue weighted by molar-refractivity contribution is 0.178. The second-order valence-electron chi connectivity index (χ2n) is 5.72. The molecule has 0 aromatic heterocycles. The highest BCUT2D eigenvalue weighted by Crippen LogP contribution is 2.30. The first-order valence-corrected chi connectivity index (χ1v) is 8.20. The highest BCUT2D eigenvalue weighted by Gasteiger charge is 2.17. The molecule has 0 radical (unpaired) electrons. The van der Waals surface area contributed by atoms with E-state index >= 15 is 0 Å². The number of halogens is 1. The first kappa shape index (κ1) is 14.6. The van der Waals surface area contributed by atoms with E-state index in [0.29, 0.717) is 6.42 Å². The van der Waals surface area contributed by atoms with E-state index in [9.17, 15) is 5.11 Å². The van der Waals surface area contributed by atoms with Gasteiger partial charge in [-0.25, -0.2) is 0 Å². The second kappa shape index (κ2) is 6.20. The molecule has 2 aromatic carbocycles. The number of fused-ring (bicyclic) bond motifs is 1. The van der Waals surface area contributed by atoms with Gasteiger partial charge in [0.05, 0.1) is 6.10 Å². The van der Waals surface area contributed by atoms with Crippen molar-refractivity contribution in [2.45, 2.75) is 25.4 Å². The van der Waals surface area contributed by atoms with Gasteiger partial charge < -0.3 is 10.0 Å². The van der Waals surface area contributed by atoms with Gasteiger partial charge in [-0.1, -0.05) is 46.3 Å². The average molecular weight is 346 g/mol. The summed E-state index contributed by atoms with van der Waals surface area (Å²) in [4.78, 5) is 2.29. The number of hydrogen-bond acceptors (Lipinski definition) is 2. The zero-order valence-corrected chi connectivity index (χ0v) is 13.8. The molecule has 1 aliphatic heterocycles. The van der Waals surface area contributed by atoms with Gasteiger partial charge in [-0.05, 0) is 41.7 Å². The molecule has 0 amide bonds. The zero-order chi connectivity index (χ0) is 14.8. The number of aryl methyl sites for hydroxylation is 1. The van der Waals surface area contributed by atoms with Gasteiger partial charge in [0.15, 0.2) is 0 Å². The van der Waals surface area contributed by atoms with Gasteiger partial charge in [-0.15, -0.1) is 0 Å². The van der Waals surface area contributed by atoms with Crippen LogP contribution < -0.4 is 4.90 Å². The van der Waals surface area contributed by atoms with E-state index in [0.717, 1.165) is 28.6 Å². The van der Waals surface area contributed by atoms with Gasteiger partial charge in [0.2, 0.25) is 0 Å². The second-order valence-corrected chi connectivity index (χ2v) is 6.58. The van der Waals surface area contributed by atoms with E-state index in [4.69, 9.17) is 0 Å². The number of rotatable bonds is 3. The fourth-order valence-corrected chi connectivity index (χ4v) is 3.45. The zero-order valence-electron chi connectivity index (χ0n) is 12.2. The molecule has 0 spiro atoms. The van der Waals surface area contributed by atoms with E-state index in [1.807, 2.05) is 18.2 Å². The molecule has 3 heteroatoms. The molecule has 0 fully saturated rings. The number of hydrogen-bond donors (Lipinski definition) is 1. The molecular formula is C18H20BrNO. The van der Waals surface area contributed by atoms with E-state index < -0.39 is 6.10 Å². The minimum atomic E-state index is -0.457. The van der Waals surface area contributed by atoms with Gasteiger partial charge in [0.1, 0.15) is 0 Å². The van der Waals surface area contributed by atoms with Crippen molar-refractivity contribution in [3.63, 3.8) is 0 Å². The maximum atomic E-state index is 10.5.